The van der Waals surface area contributed by atoms with Crippen LogP contribution in [0.25, 0.3) is 5.65 Å². The van der Waals surface area contributed by atoms with E-state index in [4.69, 9.17) is 9.90 Å². The number of anilines is 1. The third-order valence-corrected chi connectivity index (χ3v) is 4.10. The molecule has 0 aromatic carbocycles. The van der Waals surface area contributed by atoms with Crippen molar-refractivity contribution >= 4 is 29.1 Å². The van der Waals surface area contributed by atoms with Gasteiger partial charge in [0.25, 0.3) is 0 Å². The summed E-state index contributed by atoms with van der Waals surface area (Å²) in [6.45, 7) is 0.848. The van der Waals surface area contributed by atoms with Crippen molar-refractivity contribution in [2.75, 3.05) is 26.5 Å². The van der Waals surface area contributed by atoms with Gasteiger partial charge in [0.15, 0.2) is 11.5 Å². The molecule has 0 aliphatic carbocycles. The van der Waals surface area contributed by atoms with Crippen LogP contribution < -0.4 is 5.32 Å². The summed E-state index contributed by atoms with van der Waals surface area (Å²) in [5, 5.41) is 17.8. The fraction of sp³-hybridized carbons (Fsp3) is 0.300. The number of nitrogens with one attached hydrogen (secondary N) is 1. The predicted molar refractivity (Wildman–Crippen MR) is 113 cm³/mol. The topological polar surface area (TPSA) is 133 Å². The number of fused-ring (bicyclic) bond motifs is 1. The number of carboxylic acids is 1. The highest BCUT2D eigenvalue weighted by molar-refractivity contribution is 6.39. The molecular weight excluding hydrogens is 459 g/mol. The molecule has 0 spiro atoms. The second kappa shape index (κ2) is 11.2. The first-order valence-electron chi connectivity index (χ1n) is 9.62. The average Bonchev–Trinajstić information content (AvgIpc) is 3.15. The normalized spacial score (nSPS) is 11.0. The molecule has 34 heavy (non-hydrogen) atoms. The first-order valence-corrected chi connectivity index (χ1v) is 9.62. The first-order chi connectivity index (χ1) is 15.9. The Morgan fingerprint density at radius 2 is 1.76 bits per heavy atom. The van der Waals surface area contributed by atoms with Gasteiger partial charge in [-0.2, -0.15) is 13.2 Å². The van der Waals surface area contributed by atoms with Crippen molar-refractivity contribution < 1.29 is 32.7 Å². The highest BCUT2D eigenvalue weighted by Gasteiger charge is 2.38. The quantitative estimate of drug-likeness (QED) is 0.523. The number of hydrogen-bond acceptors (Lipinski definition) is 7. The summed E-state index contributed by atoms with van der Waals surface area (Å²) in [4.78, 5) is 41.0. The zero-order chi connectivity index (χ0) is 25.5. The van der Waals surface area contributed by atoms with Gasteiger partial charge in [0.1, 0.15) is 0 Å². The smallest absolute Gasteiger partial charge is 0.475 e. The number of carbonyl (C=O) groups is 3. The van der Waals surface area contributed by atoms with Gasteiger partial charge in [-0.05, 0) is 37.9 Å². The van der Waals surface area contributed by atoms with Gasteiger partial charge in [0, 0.05) is 26.0 Å². The van der Waals surface area contributed by atoms with Crippen LogP contribution in [-0.2, 0) is 27.5 Å². The monoisotopic (exact) mass is 481 g/mol. The summed E-state index contributed by atoms with van der Waals surface area (Å²) in [6.07, 6.45) is -0.0403. The fourth-order valence-electron chi connectivity index (χ4n) is 2.65. The van der Waals surface area contributed by atoms with Crippen LogP contribution in [0.2, 0.25) is 0 Å². The Labute approximate surface area is 191 Å². The summed E-state index contributed by atoms with van der Waals surface area (Å²) >= 11 is 0. The van der Waals surface area contributed by atoms with Crippen molar-refractivity contribution in [2.45, 2.75) is 19.3 Å². The minimum absolute atomic E-state index is 0.163. The van der Waals surface area contributed by atoms with Gasteiger partial charge in [-0.15, -0.1) is 10.2 Å². The van der Waals surface area contributed by atoms with Gasteiger partial charge in [-0.25, -0.2) is 4.79 Å². The molecule has 182 valence electrons. The van der Waals surface area contributed by atoms with Crippen LogP contribution in [0.1, 0.15) is 11.4 Å². The minimum Gasteiger partial charge on any atom is -0.475 e. The van der Waals surface area contributed by atoms with Crippen molar-refractivity contribution in [3.05, 3.63) is 54.2 Å². The summed E-state index contributed by atoms with van der Waals surface area (Å²) in [6, 6.07) is 7.32. The Hall–Kier alpha value is -4.07. The van der Waals surface area contributed by atoms with E-state index in [2.05, 4.69) is 20.5 Å². The molecule has 0 fully saturated rings. The minimum atomic E-state index is -5.08. The molecule has 0 atom stereocenters. The number of alkyl halides is 3. The van der Waals surface area contributed by atoms with Crippen molar-refractivity contribution in [1.29, 1.82) is 0 Å². The molecule has 2 amide bonds. The lowest BCUT2D eigenvalue weighted by Gasteiger charge is -2.16. The first kappa shape index (κ1) is 26.2. The zero-order valence-corrected chi connectivity index (χ0v) is 18.4. The van der Waals surface area contributed by atoms with E-state index in [0.717, 1.165) is 5.56 Å². The van der Waals surface area contributed by atoms with Crippen molar-refractivity contribution in [2.24, 2.45) is 0 Å². The molecule has 3 aromatic rings. The van der Waals surface area contributed by atoms with Gasteiger partial charge in [0.2, 0.25) is 0 Å². The molecular formula is C20H22F3N7O4. The summed E-state index contributed by atoms with van der Waals surface area (Å²) in [5.74, 6) is -3.58. The lowest BCUT2D eigenvalue weighted by atomic mass is 10.2. The van der Waals surface area contributed by atoms with Gasteiger partial charge in [-0.1, -0.05) is 6.07 Å². The van der Waals surface area contributed by atoms with Crippen molar-refractivity contribution in [3.63, 3.8) is 0 Å². The highest BCUT2D eigenvalue weighted by Crippen LogP contribution is 2.13. The SMILES string of the molecule is CN(C)Cc1cncc(NC(=O)C(=O)N(C)Cc2nnc3ccccn23)c1.O=C(O)C(F)(F)F. The van der Waals surface area contributed by atoms with Crippen LogP contribution in [0.3, 0.4) is 0 Å². The van der Waals surface area contributed by atoms with Crippen LogP contribution in [0.15, 0.2) is 42.9 Å². The molecule has 14 heteroatoms. The molecule has 0 aliphatic rings. The molecule has 3 aromatic heterocycles. The van der Waals surface area contributed by atoms with Gasteiger partial charge in [-0.3, -0.25) is 19.0 Å². The van der Waals surface area contributed by atoms with E-state index >= 15 is 0 Å². The number of aliphatic carboxylic acids is 1. The molecule has 0 saturated heterocycles. The second-order valence-electron chi connectivity index (χ2n) is 7.28. The van der Waals surface area contributed by atoms with Gasteiger partial charge >= 0.3 is 24.0 Å². The third-order valence-electron chi connectivity index (χ3n) is 4.10. The Morgan fingerprint density at radius 3 is 2.38 bits per heavy atom. The van der Waals surface area contributed by atoms with E-state index in [-0.39, 0.29) is 6.54 Å². The van der Waals surface area contributed by atoms with Crippen molar-refractivity contribution in [3.8, 4) is 0 Å². The number of carboxylic acid groups (broad SMARTS) is 1. The maximum absolute atomic E-state index is 12.4. The summed E-state index contributed by atoms with van der Waals surface area (Å²) < 4.78 is 33.5. The van der Waals surface area contributed by atoms with Crippen molar-refractivity contribution in [1.82, 2.24) is 29.4 Å². The highest BCUT2D eigenvalue weighted by atomic mass is 19.4. The van der Waals surface area contributed by atoms with Crippen LogP contribution in [-0.4, -0.2) is 79.6 Å². The molecule has 0 aliphatic heterocycles. The maximum Gasteiger partial charge on any atom is 0.490 e. The molecule has 0 bridgehead atoms. The van der Waals surface area contributed by atoms with Crippen LogP contribution in [0.4, 0.5) is 18.9 Å². The Kier molecular flexibility index (Phi) is 8.61. The number of aromatic nitrogens is 4. The lowest BCUT2D eigenvalue weighted by molar-refractivity contribution is -0.192. The fourth-order valence-corrected chi connectivity index (χ4v) is 2.65. The average molecular weight is 481 g/mol. The Bertz CT molecular complexity index is 1160. The molecule has 2 N–H and O–H groups in total. The van der Waals surface area contributed by atoms with E-state index < -0.39 is 24.0 Å². The zero-order valence-electron chi connectivity index (χ0n) is 18.4. The number of likely N-dealkylation sites (N-methyl/N-ethyl adjacent to an activating group) is 1. The van der Waals surface area contributed by atoms with Crippen LogP contribution in [0, 0.1) is 0 Å². The second-order valence-corrected chi connectivity index (χ2v) is 7.28. The van der Waals surface area contributed by atoms with E-state index in [0.29, 0.717) is 23.7 Å². The number of pyridine rings is 2. The van der Waals surface area contributed by atoms with Gasteiger partial charge in [0.05, 0.1) is 18.4 Å². The van der Waals surface area contributed by atoms with Gasteiger partial charge < -0.3 is 20.2 Å². The lowest BCUT2D eigenvalue weighted by Crippen LogP contribution is -2.37. The largest absolute Gasteiger partial charge is 0.490 e. The molecule has 0 unspecified atom stereocenters. The molecule has 0 radical (unpaired) electrons. The Balaban J connectivity index is 0.000000509. The van der Waals surface area contributed by atoms with Crippen LogP contribution >= 0.6 is 0 Å². The number of rotatable bonds is 5. The van der Waals surface area contributed by atoms with E-state index in [1.807, 2.05) is 43.4 Å². The molecule has 3 rings (SSSR count). The van der Waals surface area contributed by atoms with E-state index in [1.165, 1.54) is 11.1 Å². The Morgan fingerprint density at radius 1 is 1.09 bits per heavy atom. The number of amides is 2. The van der Waals surface area contributed by atoms with E-state index in [9.17, 15) is 22.8 Å². The predicted octanol–water partition coefficient (Wildman–Crippen LogP) is 1.42. The molecule has 0 saturated carbocycles. The number of nitrogens with zero attached hydrogens (tertiary/aromatic N) is 6. The van der Waals surface area contributed by atoms with Crippen LogP contribution in [0.5, 0.6) is 0 Å². The summed E-state index contributed by atoms with van der Waals surface area (Å²) in [5.41, 5.74) is 2.10. The standard InChI is InChI=1S/C18H21N7O2.C2HF3O2/c1-23(2)11-13-8-14(10-19-9-13)20-17(26)18(27)24(3)12-16-22-21-15-6-4-5-7-25(15)16;3-2(4,5)1(6)7/h4-10H,11-12H2,1-3H3,(H,20,26);(H,6,7). The summed E-state index contributed by atoms with van der Waals surface area (Å²) in [7, 11) is 5.43. The maximum atomic E-state index is 12.4. The third kappa shape index (κ3) is 7.51. The van der Waals surface area contributed by atoms with E-state index in [1.54, 1.807) is 23.7 Å². The number of halogens is 3. The number of hydrogen-bond donors (Lipinski definition) is 2. The number of carbonyl (C=O) groups excluding carboxylic acids is 2. The molecule has 11 nitrogen and oxygen atoms in total. The molecule has 3 heterocycles.